The van der Waals surface area contributed by atoms with E-state index in [1.165, 1.54) is 0 Å². The monoisotopic (exact) mass is 291 g/mol. The van der Waals surface area contributed by atoms with Crippen LogP contribution >= 0.6 is 0 Å². The molecular weight excluding hydrogens is 266 g/mol. The standard InChI is InChI=1S/C17H25NO3/c1-21-14-6-4-13(5-7-14)12-15-17(20)9-3-2-8-16(17,19)10-11-18-15/h4-7,15,18-20H,2-3,8-12H2,1H3/t15-,16-,17?/m0/s1. The molecule has 0 bridgehead atoms. The van der Waals surface area contributed by atoms with Crippen molar-refractivity contribution in [2.24, 2.45) is 0 Å². The minimum absolute atomic E-state index is 0.0926. The van der Waals surface area contributed by atoms with Gasteiger partial charge in [0.15, 0.2) is 0 Å². The number of nitrogens with one attached hydrogen (secondary N) is 1. The van der Waals surface area contributed by atoms with Crippen LogP contribution in [0.1, 0.15) is 37.7 Å². The number of benzene rings is 1. The maximum atomic E-state index is 11.1. The predicted octanol–water partition coefficient (Wildman–Crippen LogP) is 1.64. The highest BCUT2D eigenvalue weighted by Gasteiger charge is 2.56. The highest BCUT2D eigenvalue weighted by molar-refractivity contribution is 5.28. The van der Waals surface area contributed by atoms with Crippen molar-refractivity contribution in [2.45, 2.75) is 55.8 Å². The van der Waals surface area contributed by atoms with Crippen molar-refractivity contribution in [2.75, 3.05) is 13.7 Å². The average Bonchev–Trinajstić information content (AvgIpc) is 2.49. The van der Waals surface area contributed by atoms with E-state index in [9.17, 15) is 10.2 Å². The number of piperidine rings is 1. The van der Waals surface area contributed by atoms with Crippen LogP contribution in [0.4, 0.5) is 0 Å². The summed E-state index contributed by atoms with van der Waals surface area (Å²) in [5, 5.41) is 25.4. The number of ether oxygens (including phenoxy) is 1. The quantitative estimate of drug-likeness (QED) is 0.792. The Morgan fingerprint density at radius 1 is 1.14 bits per heavy atom. The summed E-state index contributed by atoms with van der Waals surface area (Å²) in [6.45, 7) is 0.764. The lowest BCUT2D eigenvalue weighted by Gasteiger charge is -2.54. The predicted molar refractivity (Wildman–Crippen MR) is 81.5 cm³/mol. The van der Waals surface area contributed by atoms with Crippen molar-refractivity contribution < 1.29 is 14.9 Å². The summed E-state index contributed by atoms with van der Waals surface area (Å²) in [7, 11) is 1.66. The van der Waals surface area contributed by atoms with Crippen molar-refractivity contribution in [3.8, 4) is 5.75 Å². The second kappa shape index (κ2) is 5.59. The smallest absolute Gasteiger partial charge is 0.118 e. The summed E-state index contributed by atoms with van der Waals surface area (Å²) in [6, 6.07) is 7.84. The van der Waals surface area contributed by atoms with Gasteiger partial charge in [0.2, 0.25) is 0 Å². The third kappa shape index (κ3) is 2.56. The Kier molecular flexibility index (Phi) is 3.95. The fraction of sp³-hybridized carbons (Fsp3) is 0.647. The summed E-state index contributed by atoms with van der Waals surface area (Å²) in [5.41, 5.74) is -0.784. The van der Waals surface area contributed by atoms with Crippen LogP contribution in [-0.2, 0) is 6.42 Å². The minimum atomic E-state index is -1.01. The topological polar surface area (TPSA) is 61.7 Å². The van der Waals surface area contributed by atoms with Crippen LogP contribution in [0.15, 0.2) is 24.3 Å². The summed E-state index contributed by atoms with van der Waals surface area (Å²) >= 11 is 0. The van der Waals surface area contributed by atoms with E-state index in [1.807, 2.05) is 24.3 Å². The van der Waals surface area contributed by atoms with Gasteiger partial charge in [-0.15, -0.1) is 0 Å². The number of fused-ring (bicyclic) bond motifs is 1. The molecule has 0 radical (unpaired) electrons. The molecule has 116 valence electrons. The van der Waals surface area contributed by atoms with Crippen LogP contribution in [0.25, 0.3) is 0 Å². The molecule has 1 aromatic carbocycles. The number of hydrogen-bond donors (Lipinski definition) is 3. The molecule has 1 saturated heterocycles. The van der Waals surface area contributed by atoms with E-state index >= 15 is 0 Å². The lowest BCUT2D eigenvalue weighted by molar-refractivity contribution is -0.207. The maximum absolute atomic E-state index is 11.1. The maximum Gasteiger partial charge on any atom is 0.118 e. The first-order chi connectivity index (χ1) is 10.1. The van der Waals surface area contributed by atoms with Gasteiger partial charge < -0.3 is 20.3 Å². The van der Waals surface area contributed by atoms with Gasteiger partial charge in [0.1, 0.15) is 11.4 Å². The van der Waals surface area contributed by atoms with Crippen LogP contribution in [0.5, 0.6) is 5.75 Å². The third-order valence-corrected chi connectivity index (χ3v) is 5.31. The first-order valence-electron chi connectivity index (χ1n) is 7.88. The van der Waals surface area contributed by atoms with Gasteiger partial charge in [-0.25, -0.2) is 0 Å². The number of aliphatic hydroxyl groups is 2. The van der Waals surface area contributed by atoms with Crippen molar-refractivity contribution in [3.05, 3.63) is 29.8 Å². The molecule has 1 aliphatic heterocycles. The summed E-state index contributed by atoms with van der Waals surface area (Å²) in [6.07, 6.45) is 4.75. The zero-order valence-corrected chi connectivity index (χ0v) is 12.6. The zero-order chi connectivity index (χ0) is 14.9. The van der Waals surface area contributed by atoms with E-state index in [2.05, 4.69) is 5.32 Å². The molecule has 1 aliphatic carbocycles. The molecule has 0 aromatic heterocycles. The minimum Gasteiger partial charge on any atom is -0.497 e. The molecule has 0 spiro atoms. The van der Waals surface area contributed by atoms with Gasteiger partial charge >= 0.3 is 0 Å². The van der Waals surface area contributed by atoms with Crippen LogP contribution < -0.4 is 10.1 Å². The Bertz CT molecular complexity index is 485. The van der Waals surface area contributed by atoms with E-state index in [0.29, 0.717) is 19.3 Å². The van der Waals surface area contributed by atoms with E-state index in [1.54, 1.807) is 7.11 Å². The number of hydrogen-bond acceptors (Lipinski definition) is 4. The third-order valence-electron chi connectivity index (χ3n) is 5.31. The molecule has 1 aromatic rings. The first-order valence-corrected chi connectivity index (χ1v) is 7.88. The Balaban J connectivity index is 1.79. The summed E-state index contributed by atoms with van der Waals surface area (Å²) in [5.74, 6) is 0.836. The summed E-state index contributed by atoms with van der Waals surface area (Å²) in [4.78, 5) is 0. The van der Waals surface area contributed by atoms with E-state index in [-0.39, 0.29) is 6.04 Å². The summed E-state index contributed by atoms with van der Waals surface area (Å²) < 4.78 is 5.18. The van der Waals surface area contributed by atoms with Crippen LogP contribution in [-0.4, -0.2) is 41.1 Å². The van der Waals surface area contributed by atoms with Crippen LogP contribution in [0.2, 0.25) is 0 Å². The van der Waals surface area contributed by atoms with Gasteiger partial charge in [0, 0.05) is 6.04 Å². The highest BCUT2D eigenvalue weighted by Crippen LogP contribution is 2.44. The van der Waals surface area contributed by atoms with E-state index in [0.717, 1.165) is 37.1 Å². The number of methoxy groups -OCH3 is 1. The van der Waals surface area contributed by atoms with Crippen molar-refractivity contribution in [1.82, 2.24) is 5.32 Å². The van der Waals surface area contributed by atoms with Crippen molar-refractivity contribution in [1.29, 1.82) is 0 Å². The zero-order valence-electron chi connectivity index (χ0n) is 12.6. The SMILES string of the molecule is COc1ccc(C[C@@H]2NCC[C@@]3(O)CCCCC23O)cc1. The number of rotatable bonds is 3. The van der Waals surface area contributed by atoms with Gasteiger partial charge in [-0.05, 0) is 49.9 Å². The van der Waals surface area contributed by atoms with Crippen molar-refractivity contribution >= 4 is 0 Å². The normalized spacial score (nSPS) is 36.0. The molecule has 3 rings (SSSR count). The van der Waals surface area contributed by atoms with Crippen LogP contribution in [0.3, 0.4) is 0 Å². The van der Waals surface area contributed by atoms with Gasteiger partial charge in [-0.3, -0.25) is 0 Å². The highest BCUT2D eigenvalue weighted by atomic mass is 16.5. The van der Waals surface area contributed by atoms with E-state index in [4.69, 9.17) is 4.74 Å². The molecule has 2 fully saturated rings. The molecular formula is C17H25NO3. The van der Waals surface area contributed by atoms with Gasteiger partial charge in [0.05, 0.1) is 12.7 Å². The first kappa shape index (κ1) is 14.8. The molecule has 21 heavy (non-hydrogen) atoms. The Labute approximate surface area is 126 Å². The molecule has 3 N–H and O–H groups in total. The fourth-order valence-corrected chi connectivity index (χ4v) is 3.96. The average molecular weight is 291 g/mol. The molecule has 0 amide bonds. The lowest BCUT2D eigenvalue weighted by Crippen LogP contribution is -2.71. The molecule has 2 aliphatic rings. The molecule has 1 unspecified atom stereocenters. The second-order valence-electron chi connectivity index (χ2n) is 6.47. The largest absolute Gasteiger partial charge is 0.497 e. The lowest BCUT2D eigenvalue weighted by atomic mass is 9.63. The molecule has 1 heterocycles. The van der Waals surface area contributed by atoms with Crippen LogP contribution in [0, 0.1) is 0 Å². The second-order valence-corrected chi connectivity index (χ2v) is 6.47. The van der Waals surface area contributed by atoms with E-state index < -0.39 is 11.2 Å². The van der Waals surface area contributed by atoms with Gasteiger partial charge in [0.25, 0.3) is 0 Å². The van der Waals surface area contributed by atoms with Gasteiger partial charge in [-0.1, -0.05) is 25.0 Å². The van der Waals surface area contributed by atoms with Crippen molar-refractivity contribution in [3.63, 3.8) is 0 Å². The molecule has 4 heteroatoms. The van der Waals surface area contributed by atoms with Gasteiger partial charge in [-0.2, -0.15) is 0 Å². The molecule has 3 atom stereocenters. The Morgan fingerprint density at radius 3 is 2.57 bits per heavy atom. The molecule has 1 saturated carbocycles. The fourth-order valence-electron chi connectivity index (χ4n) is 3.96. The molecule has 4 nitrogen and oxygen atoms in total. The Morgan fingerprint density at radius 2 is 1.86 bits per heavy atom. The Hall–Kier alpha value is -1.10.